The van der Waals surface area contributed by atoms with E-state index < -0.39 is 5.97 Å². The number of rotatable bonds is 5. The van der Waals surface area contributed by atoms with Gasteiger partial charge in [-0.15, -0.1) is 11.3 Å². The fraction of sp³-hybridized carbons (Fsp3) is 0.0588. The Kier molecular flexibility index (Phi) is 5.04. The third kappa shape index (κ3) is 3.70. The van der Waals surface area contributed by atoms with E-state index in [1.54, 1.807) is 36.4 Å². The number of hydrogen-bond donors (Lipinski definition) is 1. The van der Waals surface area contributed by atoms with Gasteiger partial charge in [0.25, 0.3) is 0 Å². The molecule has 0 saturated heterocycles. The molecule has 2 aromatic carbocycles. The number of thiazole rings is 1. The van der Waals surface area contributed by atoms with Gasteiger partial charge in [-0.05, 0) is 30.3 Å². The summed E-state index contributed by atoms with van der Waals surface area (Å²) in [5.74, 6) is -0.723. The summed E-state index contributed by atoms with van der Waals surface area (Å²) in [7, 11) is 0. The predicted octanol–water partition coefficient (Wildman–Crippen LogP) is 5.39. The van der Waals surface area contributed by atoms with Crippen LogP contribution in [0.1, 0.15) is 15.4 Å². The van der Waals surface area contributed by atoms with Crippen molar-refractivity contribution in [3.05, 3.63) is 68.5 Å². The Balaban J connectivity index is 1.78. The van der Waals surface area contributed by atoms with E-state index in [1.165, 1.54) is 17.4 Å². The Morgan fingerprint density at radius 1 is 1.21 bits per heavy atom. The lowest BCUT2D eigenvalue weighted by Crippen LogP contribution is -2.03. The Labute approximate surface area is 152 Å². The van der Waals surface area contributed by atoms with Crippen LogP contribution in [0, 0.1) is 0 Å². The first kappa shape index (κ1) is 16.8. The molecule has 0 saturated carbocycles. The first-order valence-electron chi connectivity index (χ1n) is 6.89. The van der Waals surface area contributed by atoms with Crippen molar-refractivity contribution in [3.8, 4) is 17.0 Å². The number of aromatic nitrogens is 1. The van der Waals surface area contributed by atoms with Gasteiger partial charge in [0.2, 0.25) is 0 Å². The molecule has 0 aliphatic rings. The lowest BCUT2D eigenvalue weighted by atomic mass is 10.2. The highest BCUT2D eigenvalue weighted by atomic mass is 35.5. The van der Waals surface area contributed by atoms with E-state index in [2.05, 4.69) is 4.98 Å². The third-order valence-electron chi connectivity index (χ3n) is 3.22. The smallest absolute Gasteiger partial charge is 0.339 e. The molecule has 1 N–H and O–H groups in total. The molecule has 1 heterocycles. The topological polar surface area (TPSA) is 59.4 Å². The zero-order chi connectivity index (χ0) is 17.1. The normalized spacial score (nSPS) is 10.6. The molecule has 0 aliphatic carbocycles. The molecule has 0 fully saturated rings. The van der Waals surface area contributed by atoms with E-state index in [0.717, 1.165) is 5.56 Å². The number of carboxylic acid groups (broad SMARTS) is 1. The molecular weight excluding hydrogens is 369 g/mol. The van der Waals surface area contributed by atoms with Crippen LogP contribution in [0.3, 0.4) is 0 Å². The number of benzene rings is 2. The molecule has 0 amide bonds. The van der Waals surface area contributed by atoms with Crippen molar-refractivity contribution in [3.63, 3.8) is 0 Å². The summed E-state index contributed by atoms with van der Waals surface area (Å²) in [4.78, 5) is 15.6. The summed E-state index contributed by atoms with van der Waals surface area (Å²) in [5, 5.41) is 12.9. The van der Waals surface area contributed by atoms with Gasteiger partial charge < -0.3 is 9.84 Å². The van der Waals surface area contributed by atoms with Gasteiger partial charge in [-0.25, -0.2) is 9.78 Å². The summed E-state index contributed by atoms with van der Waals surface area (Å²) in [6, 6.07) is 11.7. The Morgan fingerprint density at radius 3 is 2.79 bits per heavy atom. The first-order chi connectivity index (χ1) is 11.5. The monoisotopic (exact) mass is 379 g/mol. The van der Waals surface area contributed by atoms with E-state index >= 15 is 0 Å². The van der Waals surface area contributed by atoms with Gasteiger partial charge in [-0.2, -0.15) is 0 Å². The van der Waals surface area contributed by atoms with Gasteiger partial charge in [-0.3, -0.25) is 0 Å². The summed E-state index contributed by atoms with van der Waals surface area (Å²) < 4.78 is 5.60. The fourth-order valence-electron chi connectivity index (χ4n) is 2.10. The molecular formula is C17H11Cl2NO3S. The largest absolute Gasteiger partial charge is 0.486 e. The molecule has 3 rings (SSSR count). The van der Waals surface area contributed by atoms with Crippen LogP contribution < -0.4 is 4.74 Å². The van der Waals surface area contributed by atoms with Gasteiger partial charge in [0.15, 0.2) is 0 Å². The minimum atomic E-state index is -1.03. The Hall–Kier alpha value is -2.08. The molecule has 0 spiro atoms. The fourth-order valence-corrected chi connectivity index (χ4v) is 3.20. The number of carboxylic acids is 1. The van der Waals surface area contributed by atoms with Crippen LogP contribution in [0.5, 0.6) is 5.75 Å². The molecule has 0 bridgehead atoms. The van der Waals surface area contributed by atoms with E-state index in [1.807, 2.05) is 5.38 Å². The SMILES string of the molecule is O=C(O)c1ccccc1OCc1nc(-c2cc(Cl)ccc2Cl)cs1. The van der Waals surface area contributed by atoms with Gasteiger partial charge in [-0.1, -0.05) is 35.3 Å². The molecule has 1 aromatic heterocycles. The molecule has 0 unspecified atom stereocenters. The maximum atomic E-state index is 11.2. The second-order valence-electron chi connectivity index (χ2n) is 4.84. The third-order valence-corrected chi connectivity index (χ3v) is 4.61. The molecule has 4 nitrogen and oxygen atoms in total. The number of hydrogen-bond acceptors (Lipinski definition) is 4. The standard InChI is InChI=1S/C17H11Cl2NO3S/c18-10-5-6-13(19)12(7-10)14-9-24-16(20-14)8-23-15-4-2-1-3-11(15)17(21)22/h1-7,9H,8H2,(H,21,22). The molecule has 122 valence electrons. The second-order valence-corrected chi connectivity index (χ2v) is 6.63. The van der Waals surface area contributed by atoms with Gasteiger partial charge >= 0.3 is 5.97 Å². The van der Waals surface area contributed by atoms with Crippen LogP contribution in [0.4, 0.5) is 0 Å². The zero-order valence-corrected chi connectivity index (χ0v) is 14.5. The van der Waals surface area contributed by atoms with Crippen LogP contribution in [0.2, 0.25) is 10.0 Å². The Bertz CT molecular complexity index is 895. The number of aromatic carboxylic acids is 1. The average molecular weight is 380 g/mol. The van der Waals surface area contributed by atoms with Crippen molar-refractivity contribution >= 4 is 40.5 Å². The second kappa shape index (κ2) is 7.21. The summed E-state index contributed by atoms with van der Waals surface area (Å²) in [6.07, 6.45) is 0. The molecule has 0 atom stereocenters. The van der Waals surface area contributed by atoms with Gasteiger partial charge in [0.1, 0.15) is 22.9 Å². The molecule has 3 aromatic rings. The van der Waals surface area contributed by atoms with Crippen molar-refractivity contribution < 1.29 is 14.6 Å². The highest BCUT2D eigenvalue weighted by molar-refractivity contribution is 7.09. The molecule has 0 aliphatic heterocycles. The molecule has 7 heteroatoms. The minimum absolute atomic E-state index is 0.118. The lowest BCUT2D eigenvalue weighted by Gasteiger charge is -2.07. The van der Waals surface area contributed by atoms with Crippen molar-refractivity contribution in [1.29, 1.82) is 0 Å². The number of ether oxygens (including phenoxy) is 1. The first-order valence-corrected chi connectivity index (χ1v) is 8.53. The van der Waals surface area contributed by atoms with Crippen molar-refractivity contribution in [2.45, 2.75) is 6.61 Å². The highest BCUT2D eigenvalue weighted by Crippen LogP contribution is 2.31. The quantitative estimate of drug-likeness (QED) is 0.644. The predicted molar refractivity (Wildman–Crippen MR) is 95.3 cm³/mol. The number of nitrogens with zero attached hydrogens (tertiary/aromatic N) is 1. The minimum Gasteiger partial charge on any atom is -0.486 e. The van der Waals surface area contributed by atoms with E-state index in [0.29, 0.717) is 26.5 Å². The summed E-state index contributed by atoms with van der Waals surface area (Å²) in [5.41, 5.74) is 1.57. The summed E-state index contributed by atoms with van der Waals surface area (Å²) >= 11 is 13.6. The van der Waals surface area contributed by atoms with Crippen LogP contribution in [-0.2, 0) is 6.61 Å². The number of para-hydroxylation sites is 1. The Morgan fingerprint density at radius 2 is 2.00 bits per heavy atom. The van der Waals surface area contributed by atoms with E-state index in [-0.39, 0.29) is 12.2 Å². The van der Waals surface area contributed by atoms with E-state index in [9.17, 15) is 4.79 Å². The number of carbonyl (C=O) groups is 1. The maximum Gasteiger partial charge on any atom is 0.339 e. The highest BCUT2D eigenvalue weighted by Gasteiger charge is 2.12. The zero-order valence-electron chi connectivity index (χ0n) is 12.2. The van der Waals surface area contributed by atoms with E-state index in [4.69, 9.17) is 33.0 Å². The molecule has 24 heavy (non-hydrogen) atoms. The van der Waals surface area contributed by atoms with Crippen LogP contribution >= 0.6 is 34.5 Å². The van der Waals surface area contributed by atoms with Crippen molar-refractivity contribution in [1.82, 2.24) is 4.98 Å². The van der Waals surface area contributed by atoms with Gasteiger partial charge in [0, 0.05) is 16.0 Å². The van der Waals surface area contributed by atoms with Gasteiger partial charge in [0.05, 0.1) is 10.7 Å². The number of halogens is 2. The average Bonchev–Trinajstić information content (AvgIpc) is 3.04. The lowest BCUT2D eigenvalue weighted by molar-refractivity contribution is 0.0691. The van der Waals surface area contributed by atoms with Crippen molar-refractivity contribution in [2.24, 2.45) is 0 Å². The van der Waals surface area contributed by atoms with Crippen LogP contribution in [0.25, 0.3) is 11.3 Å². The molecule has 0 radical (unpaired) electrons. The van der Waals surface area contributed by atoms with Crippen LogP contribution in [0.15, 0.2) is 47.8 Å². The van der Waals surface area contributed by atoms with Crippen LogP contribution in [-0.4, -0.2) is 16.1 Å². The van der Waals surface area contributed by atoms with Crippen molar-refractivity contribution in [2.75, 3.05) is 0 Å². The summed E-state index contributed by atoms with van der Waals surface area (Å²) in [6.45, 7) is 0.174. The maximum absolute atomic E-state index is 11.2.